The number of aromatic nitrogens is 2. The average molecular weight is 181 g/mol. The van der Waals surface area contributed by atoms with Gasteiger partial charge < -0.3 is 5.11 Å². The van der Waals surface area contributed by atoms with Gasteiger partial charge in [0.05, 0.1) is 12.3 Å². The van der Waals surface area contributed by atoms with Crippen molar-refractivity contribution in [2.45, 2.75) is 12.5 Å². The van der Waals surface area contributed by atoms with E-state index in [0.29, 0.717) is 0 Å². The molecular formula is C9H15N3O. The lowest BCUT2D eigenvalue weighted by Gasteiger charge is -2.35. The van der Waals surface area contributed by atoms with Gasteiger partial charge in [-0.05, 0) is 12.0 Å². The Kier molecular flexibility index (Phi) is 2.33. The van der Waals surface area contributed by atoms with Crippen molar-refractivity contribution >= 4 is 0 Å². The van der Waals surface area contributed by atoms with Gasteiger partial charge in [-0.15, -0.1) is 0 Å². The predicted molar refractivity (Wildman–Crippen MR) is 49.4 cm³/mol. The highest BCUT2D eigenvalue weighted by Gasteiger charge is 2.23. The molecule has 0 aliphatic carbocycles. The molecule has 0 amide bonds. The SMILES string of the molecule is Cn1cc(CCN2CC(O)C2)cn1. The first-order valence-corrected chi connectivity index (χ1v) is 4.62. The first kappa shape index (κ1) is 8.72. The molecule has 2 heterocycles. The van der Waals surface area contributed by atoms with Gasteiger partial charge in [-0.3, -0.25) is 9.58 Å². The Bertz CT molecular complexity index is 278. The van der Waals surface area contributed by atoms with Gasteiger partial charge in [-0.1, -0.05) is 0 Å². The summed E-state index contributed by atoms with van der Waals surface area (Å²) < 4.78 is 1.82. The lowest BCUT2D eigenvalue weighted by atomic mass is 10.1. The number of aliphatic hydroxyl groups is 1. The van der Waals surface area contributed by atoms with Crippen LogP contribution in [0.5, 0.6) is 0 Å². The molecule has 2 rings (SSSR count). The van der Waals surface area contributed by atoms with Crippen molar-refractivity contribution in [3.63, 3.8) is 0 Å². The molecular weight excluding hydrogens is 166 g/mol. The molecule has 4 heteroatoms. The number of likely N-dealkylation sites (tertiary alicyclic amines) is 1. The van der Waals surface area contributed by atoms with E-state index in [-0.39, 0.29) is 6.10 Å². The normalized spacial score (nSPS) is 18.9. The molecule has 1 saturated heterocycles. The first-order valence-electron chi connectivity index (χ1n) is 4.62. The second-order valence-corrected chi connectivity index (χ2v) is 3.69. The van der Waals surface area contributed by atoms with Gasteiger partial charge >= 0.3 is 0 Å². The molecule has 1 aliphatic rings. The van der Waals surface area contributed by atoms with Gasteiger partial charge in [0.25, 0.3) is 0 Å². The van der Waals surface area contributed by atoms with Crippen molar-refractivity contribution in [1.82, 2.24) is 14.7 Å². The van der Waals surface area contributed by atoms with E-state index < -0.39 is 0 Å². The number of β-amino-alcohol motifs (C(OH)–C–C–N with tert-alkyl or cyclic N) is 1. The topological polar surface area (TPSA) is 41.3 Å². The highest BCUT2D eigenvalue weighted by molar-refractivity contribution is 5.04. The lowest BCUT2D eigenvalue weighted by Crippen LogP contribution is -2.51. The van der Waals surface area contributed by atoms with Crippen LogP contribution < -0.4 is 0 Å². The van der Waals surface area contributed by atoms with E-state index in [4.69, 9.17) is 5.11 Å². The van der Waals surface area contributed by atoms with Crippen LogP contribution in [-0.2, 0) is 13.5 Å². The first-order chi connectivity index (χ1) is 6.24. The Morgan fingerprint density at radius 3 is 2.92 bits per heavy atom. The van der Waals surface area contributed by atoms with Crippen LogP contribution in [0.25, 0.3) is 0 Å². The Labute approximate surface area is 77.8 Å². The molecule has 0 aromatic carbocycles. The fraction of sp³-hybridized carbons (Fsp3) is 0.667. The molecule has 0 atom stereocenters. The molecule has 0 spiro atoms. The predicted octanol–water partition coefficient (Wildman–Crippen LogP) is -0.361. The summed E-state index contributed by atoms with van der Waals surface area (Å²) in [5, 5.41) is 13.2. The molecule has 72 valence electrons. The standard InChI is InChI=1S/C9H15N3O/c1-11-5-8(4-10-11)2-3-12-6-9(13)7-12/h4-5,9,13H,2-3,6-7H2,1H3. The molecule has 1 aromatic heterocycles. The minimum absolute atomic E-state index is 0.0890. The highest BCUT2D eigenvalue weighted by atomic mass is 16.3. The average Bonchev–Trinajstić information content (AvgIpc) is 2.43. The number of hydrogen-bond acceptors (Lipinski definition) is 3. The minimum Gasteiger partial charge on any atom is -0.390 e. The molecule has 0 radical (unpaired) electrons. The number of aliphatic hydroxyl groups excluding tert-OH is 1. The van der Waals surface area contributed by atoms with Gasteiger partial charge in [-0.25, -0.2) is 0 Å². The third kappa shape index (κ3) is 2.08. The van der Waals surface area contributed by atoms with Crippen molar-refractivity contribution in [2.24, 2.45) is 7.05 Å². The van der Waals surface area contributed by atoms with E-state index >= 15 is 0 Å². The summed E-state index contributed by atoms with van der Waals surface area (Å²) in [7, 11) is 1.93. The van der Waals surface area contributed by atoms with Gasteiger partial charge in [0, 0.05) is 32.9 Å². The van der Waals surface area contributed by atoms with Crippen molar-refractivity contribution in [3.05, 3.63) is 18.0 Å². The summed E-state index contributed by atoms with van der Waals surface area (Å²) >= 11 is 0. The van der Waals surface area contributed by atoms with Crippen molar-refractivity contribution in [1.29, 1.82) is 0 Å². The fourth-order valence-electron chi connectivity index (χ4n) is 1.61. The zero-order chi connectivity index (χ0) is 9.26. The summed E-state index contributed by atoms with van der Waals surface area (Å²) in [4.78, 5) is 2.25. The molecule has 1 aromatic rings. The molecule has 1 fully saturated rings. The Balaban J connectivity index is 1.74. The maximum absolute atomic E-state index is 9.06. The third-order valence-electron chi connectivity index (χ3n) is 2.41. The molecule has 0 bridgehead atoms. The van der Waals surface area contributed by atoms with Crippen molar-refractivity contribution < 1.29 is 5.11 Å². The molecule has 4 nitrogen and oxygen atoms in total. The van der Waals surface area contributed by atoms with E-state index in [0.717, 1.165) is 26.1 Å². The summed E-state index contributed by atoms with van der Waals surface area (Å²) in [6.07, 6.45) is 4.88. The zero-order valence-electron chi connectivity index (χ0n) is 7.85. The summed E-state index contributed by atoms with van der Waals surface area (Å²) in [5.41, 5.74) is 1.27. The summed E-state index contributed by atoms with van der Waals surface area (Å²) in [5.74, 6) is 0. The third-order valence-corrected chi connectivity index (χ3v) is 2.41. The van der Waals surface area contributed by atoms with E-state index in [2.05, 4.69) is 10.00 Å². The zero-order valence-corrected chi connectivity index (χ0v) is 7.85. The maximum atomic E-state index is 9.06. The van der Waals surface area contributed by atoms with Gasteiger partial charge in [-0.2, -0.15) is 5.10 Å². The Hall–Kier alpha value is -0.870. The maximum Gasteiger partial charge on any atom is 0.0793 e. The molecule has 1 N–H and O–H groups in total. The summed E-state index contributed by atoms with van der Waals surface area (Å²) in [6.45, 7) is 2.70. The van der Waals surface area contributed by atoms with Gasteiger partial charge in [0.1, 0.15) is 0 Å². The van der Waals surface area contributed by atoms with Crippen molar-refractivity contribution in [3.8, 4) is 0 Å². The smallest absolute Gasteiger partial charge is 0.0793 e. The van der Waals surface area contributed by atoms with Crippen LogP contribution in [0.2, 0.25) is 0 Å². The largest absolute Gasteiger partial charge is 0.390 e. The van der Waals surface area contributed by atoms with Crippen LogP contribution in [0.4, 0.5) is 0 Å². The van der Waals surface area contributed by atoms with Crippen molar-refractivity contribution in [2.75, 3.05) is 19.6 Å². The lowest BCUT2D eigenvalue weighted by molar-refractivity contribution is 0.00310. The minimum atomic E-state index is -0.0890. The highest BCUT2D eigenvalue weighted by Crippen LogP contribution is 2.08. The molecule has 1 aliphatic heterocycles. The van der Waals surface area contributed by atoms with Crippen LogP contribution in [0.1, 0.15) is 5.56 Å². The van der Waals surface area contributed by atoms with E-state index in [9.17, 15) is 0 Å². The Morgan fingerprint density at radius 2 is 2.38 bits per heavy atom. The molecule has 13 heavy (non-hydrogen) atoms. The number of nitrogens with zero attached hydrogens (tertiary/aromatic N) is 3. The van der Waals surface area contributed by atoms with Crippen LogP contribution in [0.15, 0.2) is 12.4 Å². The van der Waals surface area contributed by atoms with Crippen LogP contribution >= 0.6 is 0 Å². The van der Waals surface area contributed by atoms with Gasteiger partial charge in [0.15, 0.2) is 0 Å². The second kappa shape index (κ2) is 3.47. The molecule has 0 saturated carbocycles. The Morgan fingerprint density at radius 1 is 1.62 bits per heavy atom. The fourth-order valence-corrected chi connectivity index (χ4v) is 1.61. The number of aryl methyl sites for hydroxylation is 1. The molecule has 0 unspecified atom stereocenters. The number of hydrogen-bond donors (Lipinski definition) is 1. The summed E-state index contributed by atoms with van der Waals surface area (Å²) in [6, 6.07) is 0. The quantitative estimate of drug-likeness (QED) is 0.692. The second-order valence-electron chi connectivity index (χ2n) is 3.69. The monoisotopic (exact) mass is 181 g/mol. The van der Waals surface area contributed by atoms with Crippen LogP contribution in [0, 0.1) is 0 Å². The van der Waals surface area contributed by atoms with Crippen LogP contribution in [0.3, 0.4) is 0 Å². The van der Waals surface area contributed by atoms with E-state index in [1.54, 1.807) is 0 Å². The van der Waals surface area contributed by atoms with Crippen LogP contribution in [-0.4, -0.2) is 45.5 Å². The van der Waals surface area contributed by atoms with E-state index in [1.165, 1.54) is 5.56 Å². The number of rotatable bonds is 3. The van der Waals surface area contributed by atoms with E-state index in [1.807, 2.05) is 24.1 Å². The van der Waals surface area contributed by atoms with Gasteiger partial charge in [0.2, 0.25) is 0 Å².